The van der Waals surface area contributed by atoms with Crippen LogP contribution in [0.2, 0.25) is 0 Å². The lowest BCUT2D eigenvalue weighted by molar-refractivity contribution is -0.384. The van der Waals surface area contributed by atoms with E-state index in [9.17, 15) is 15.4 Å². The van der Waals surface area contributed by atoms with Gasteiger partial charge in [0.25, 0.3) is 5.69 Å². The Balaban J connectivity index is 2.22. The van der Waals surface area contributed by atoms with Crippen LogP contribution in [0.15, 0.2) is 53.9 Å². The summed E-state index contributed by atoms with van der Waals surface area (Å²) in [5, 5.41) is 20.3. The van der Waals surface area contributed by atoms with Crippen molar-refractivity contribution in [2.75, 3.05) is 5.73 Å². The van der Waals surface area contributed by atoms with Gasteiger partial charge < -0.3 is 16.2 Å². The summed E-state index contributed by atoms with van der Waals surface area (Å²) in [6, 6.07) is 13.4. The maximum Gasteiger partial charge on any atom is 0.273 e. The van der Waals surface area contributed by atoms with Gasteiger partial charge in [-0.25, -0.2) is 0 Å². The number of non-ortho nitro benzene ring substituents is 1. The van der Waals surface area contributed by atoms with Gasteiger partial charge in [-0.05, 0) is 23.8 Å². The molecule has 3 rings (SSSR count). The molecule has 0 aromatic heterocycles. The fraction of sp³-hybridized carbons (Fsp3) is 0.0625. The first-order valence-electron chi connectivity index (χ1n) is 6.72. The Hall–Kier alpha value is -3.53. The van der Waals surface area contributed by atoms with Gasteiger partial charge in [-0.15, -0.1) is 0 Å². The van der Waals surface area contributed by atoms with Gasteiger partial charge in [0.1, 0.15) is 17.4 Å². The van der Waals surface area contributed by atoms with Gasteiger partial charge in [0.15, 0.2) is 0 Å². The van der Waals surface area contributed by atoms with Crippen LogP contribution in [0.5, 0.6) is 5.75 Å². The molecule has 0 spiro atoms. The normalized spacial score (nSPS) is 16.2. The zero-order valence-electron chi connectivity index (χ0n) is 11.9. The van der Waals surface area contributed by atoms with Crippen LogP contribution in [0.25, 0.3) is 0 Å². The van der Waals surface area contributed by atoms with Crippen LogP contribution >= 0.6 is 0 Å². The average molecular weight is 308 g/mol. The van der Waals surface area contributed by atoms with Gasteiger partial charge in [0.05, 0.1) is 16.9 Å². The van der Waals surface area contributed by atoms with Crippen molar-refractivity contribution in [3.8, 4) is 11.8 Å². The highest BCUT2D eigenvalue weighted by Crippen LogP contribution is 2.43. The van der Waals surface area contributed by atoms with Gasteiger partial charge in [0.2, 0.25) is 5.88 Å². The first kappa shape index (κ1) is 14.4. The van der Waals surface area contributed by atoms with Crippen molar-refractivity contribution in [3.63, 3.8) is 0 Å². The largest absolute Gasteiger partial charge is 0.440 e. The van der Waals surface area contributed by atoms with E-state index >= 15 is 0 Å². The number of hydrogen-bond acceptors (Lipinski definition) is 6. The number of nitrogens with two attached hydrogens (primary N) is 2. The molecular formula is C16H12N4O3. The summed E-state index contributed by atoms with van der Waals surface area (Å²) in [6.07, 6.45) is 0. The Kier molecular flexibility index (Phi) is 3.35. The third-order valence-electron chi connectivity index (χ3n) is 3.66. The summed E-state index contributed by atoms with van der Waals surface area (Å²) >= 11 is 0. The molecule has 114 valence electrons. The van der Waals surface area contributed by atoms with E-state index in [4.69, 9.17) is 16.2 Å². The minimum atomic E-state index is -0.515. The highest BCUT2D eigenvalue weighted by Gasteiger charge is 2.31. The number of nitrogen functional groups attached to an aromatic ring is 1. The Morgan fingerprint density at radius 2 is 2.00 bits per heavy atom. The van der Waals surface area contributed by atoms with Crippen molar-refractivity contribution >= 4 is 11.4 Å². The lowest BCUT2D eigenvalue weighted by Gasteiger charge is -2.26. The third kappa shape index (κ3) is 2.42. The number of rotatable bonds is 2. The number of anilines is 1. The lowest BCUT2D eigenvalue weighted by atomic mass is 9.83. The average Bonchev–Trinajstić information content (AvgIpc) is 2.52. The Bertz CT molecular complexity index is 883. The number of nitriles is 1. The summed E-state index contributed by atoms with van der Waals surface area (Å²) in [7, 11) is 0. The third-order valence-corrected chi connectivity index (χ3v) is 3.66. The van der Waals surface area contributed by atoms with E-state index in [1.807, 2.05) is 6.07 Å². The molecule has 1 atom stereocenters. The number of nitrogens with zero attached hydrogens (tertiary/aromatic N) is 2. The minimum absolute atomic E-state index is 0.0621. The number of nitro groups is 1. The fourth-order valence-corrected chi connectivity index (χ4v) is 2.64. The minimum Gasteiger partial charge on any atom is -0.440 e. The number of ether oxygens (including phenoxy) is 1. The van der Waals surface area contributed by atoms with Crippen molar-refractivity contribution < 1.29 is 9.66 Å². The van der Waals surface area contributed by atoms with E-state index in [1.54, 1.807) is 24.3 Å². The predicted octanol–water partition coefficient (Wildman–Crippen LogP) is 2.40. The summed E-state index contributed by atoms with van der Waals surface area (Å²) in [6.45, 7) is 0. The zero-order chi connectivity index (χ0) is 16.6. The first-order valence-corrected chi connectivity index (χ1v) is 6.72. The number of allylic oxidation sites excluding steroid dienone is 1. The summed E-state index contributed by atoms with van der Waals surface area (Å²) < 4.78 is 5.41. The standard InChI is InChI=1S/C16H12N4O3/c17-8-13-15(9-2-1-3-10(18)6-9)12-5-4-11(20(21)22)7-14(12)23-16(13)19/h1-7,15H,18-19H2. The van der Waals surface area contributed by atoms with Crippen LogP contribution in [0.1, 0.15) is 17.0 Å². The Morgan fingerprint density at radius 3 is 2.65 bits per heavy atom. The van der Waals surface area contributed by atoms with Gasteiger partial charge in [0, 0.05) is 17.3 Å². The van der Waals surface area contributed by atoms with Crippen molar-refractivity contribution in [1.29, 1.82) is 5.26 Å². The lowest BCUT2D eigenvalue weighted by Crippen LogP contribution is -2.21. The Morgan fingerprint density at radius 1 is 1.22 bits per heavy atom. The van der Waals surface area contributed by atoms with Gasteiger partial charge in [-0.3, -0.25) is 10.1 Å². The van der Waals surface area contributed by atoms with Crippen molar-refractivity contribution in [3.05, 3.63) is 75.2 Å². The van der Waals surface area contributed by atoms with Crippen molar-refractivity contribution in [1.82, 2.24) is 0 Å². The molecule has 0 saturated carbocycles. The molecule has 2 aromatic carbocycles. The maximum atomic E-state index is 10.9. The molecule has 0 bridgehead atoms. The highest BCUT2D eigenvalue weighted by molar-refractivity contribution is 5.59. The quantitative estimate of drug-likeness (QED) is 0.498. The molecule has 23 heavy (non-hydrogen) atoms. The molecule has 0 saturated heterocycles. The van der Waals surface area contributed by atoms with Crippen LogP contribution < -0.4 is 16.2 Å². The summed E-state index contributed by atoms with van der Waals surface area (Å²) in [5.74, 6) is -0.274. The molecule has 4 N–H and O–H groups in total. The second-order valence-corrected chi connectivity index (χ2v) is 5.07. The first-order chi connectivity index (χ1) is 11.0. The van der Waals surface area contributed by atoms with Crippen LogP contribution in [0.4, 0.5) is 11.4 Å². The number of benzene rings is 2. The Labute approximate surface area is 131 Å². The number of fused-ring (bicyclic) bond motifs is 1. The molecule has 0 radical (unpaired) electrons. The second kappa shape index (κ2) is 5.35. The van der Waals surface area contributed by atoms with Gasteiger partial charge >= 0.3 is 0 Å². The van der Waals surface area contributed by atoms with Gasteiger partial charge in [-0.1, -0.05) is 12.1 Å². The molecule has 0 fully saturated rings. The van der Waals surface area contributed by atoms with Crippen LogP contribution in [-0.2, 0) is 0 Å². The van der Waals surface area contributed by atoms with Crippen molar-refractivity contribution in [2.24, 2.45) is 5.73 Å². The van der Waals surface area contributed by atoms with E-state index in [0.717, 1.165) is 5.56 Å². The zero-order valence-corrected chi connectivity index (χ0v) is 11.9. The molecule has 1 heterocycles. The second-order valence-electron chi connectivity index (χ2n) is 5.07. The monoisotopic (exact) mass is 308 g/mol. The van der Waals surface area contributed by atoms with Crippen LogP contribution in [-0.4, -0.2) is 4.92 Å². The topological polar surface area (TPSA) is 128 Å². The number of nitro benzene ring substituents is 1. The molecule has 1 aliphatic heterocycles. The molecule has 0 aliphatic carbocycles. The predicted molar refractivity (Wildman–Crippen MR) is 83.2 cm³/mol. The molecule has 7 nitrogen and oxygen atoms in total. The highest BCUT2D eigenvalue weighted by atomic mass is 16.6. The molecule has 1 aliphatic rings. The number of hydrogen-bond donors (Lipinski definition) is 2. The van der Waals surface area contributed by atoms with E-state index in [-0.39, 0.29) is 22.9 Å². The van der Waals surface area contributed by atoms with E-state index in [0.29, 0.717) is 11.3 Å². The van der Waals surface area contributed by atoms with Gasteiger partial charge in [-0.2, -0.15) is 5.26 Å². The van der Waals surface area contributed by atoms with Crippen LogP contribution in [0, 0.1) is 21.4 Å². The summed E-state index contributed by atoms with van der Waals surface area (Å²) in [4.78, 5) is 10.4. The van der Waals surface area contributed by atoms with Crippen molar-refractivity contribution in [2.45, 2.75) is 5.92 Å². The molecule has 2 aromatic rings. The molecule has 1 unspecified atom stereocenters. The molecular weight excluding hydrogens is 296 g/mol. The SMILES string of the molecule is N#CC1=C(N)Oc2cc([N+](=O)[O-])ccc2C1c1cccc(N)c1. The van der Waals surface area contributed by atoms with E-state index in [2.05, 4.69) is 6.07 Å². The molecule has 0 amide bonds. The maximum absolute atomic E-state index is 10.9. The van der Waals surface area contributed by atoms with E-state index in [1.165, 1.54) is 12.1 Å². The fourth-order valence-electron chi connectivity index (χ4n) is 2.64. The molecule has 7 heteroatoms. The smallest absolute Gasteiger partial charge is 0.273 e. The summed E-state index contributed by atoms with van der Waals surface area (Å²) in [5.41, 5.74) is 13.7. The van der Waals surface area contributed by atoms with Crippen LogP contribution in [0.3, 0.4) is 0 Å². The van der Waals surface area contributed by atoms with E-state index < -0.39 is 10.8 Å².